The van der Waals surface area contributed by atoms with Crippen LogP contribution in [0.3, 0.4) is 0 Å². The van der Waals surface area contributed by atoms with Gasteiger partial charge in [0.25, 0.3) is 0 Å². The van der Waals surface area contributed by atoms with Crippen LogP contribution < -0.4 is 0 Å². The van der Waals surface area contributed by atoms with Crippen molar-refractivity contribution in [2.24, 2.45) is 0 Å². The molecule has 1 amide bonds. The molecular formula is C21H29NO5. The maximum absolute atomic E-state index is 12.6. The summed E-state index contributed by atoms with van der Waals surface area (Å²) >= 11 is 0. The van der Waals surface area contributed by atoms with Gasteiger partial charge in [0.05, 0.1) is 24.3 Å². The molecule has 0 bridgehead atoms. The van der Waals surface area contributed by atoms with E-state index in [1.807, 2.05) is 51.1 Å². The molecule has 0 aromatic heterocycles. The van der Waals surface area contributed by atoms with Gasteiger partial charge < -0.3 is 14.3 Å². The number of Topliss-reactive ketones (excluding diaryl/α,β-unsaturated/α-hetero) is 2. The second-order valence-corrected chi connectivity index (χ2v) is 7.96. The van der Waals surface area contributed by atoms with Gasteiger partial charge in [-0.2, -0.15) is 0 Å². The predicted octanol–water partition coefficient (Wildman–Crippen LogP) is 3.52. The Morgan fingerprint density at radius 2 is 1.78 bits per heavy atom. The van der Waals surface area contributed by atoms with Crippen LogP contribution in [0.4, 0.5) is 4.79 Å². The molecule has 1 saturated heterocycles. The van der Waals surface area contributed by atoms with Crippen molar-refractivity contribution in [1.82, 2.24) is 4.90 Å². The van der Waals surface area contributed by atoms with Crippen LogP contribution in [0.5, 0.6) is 0 Å². The molecule has 1 aromatic rings. The topological polar surface area (TPSA) is 72.9 Å². The van der Waals surface area contributed by atoms with Gasteiger partial charge in [0.2, 0.25) is 0 Å². The number of rotatable bonds is 7. The Bertz CT molecular complexity index is 665. The summed E-state index contributed by atoms with van der Waals surface area (Å²) in [5.41, 5.74) is 0.508. The van der Waals surface area contributed by atoms with Gasteiger partial charge in [0, 0.05) is 19.3 Å². The van der Waals surface area contributed by atoms with E-state index in [0.717, 1.165) is 5.56 Å². The molecule has 27 heavy (non-hydrogen) atoms. The fourth-order valence-corrected chi connectivity index (χ4v) is 3.16. The molecular weight excluding hydrogens is 346 g/mol. The smallest absolute Gasteiger partial charge is 0.410 e. The molecule has 6 nitrogen and oxygen atoms in total. The first-order valence-corrected chi connectivity index (χ1v) is 9.33. The van der Waals surface area contributed by atoms with Crippen LogP contribution in [0.1, 0.15) is 52.5 Å². The van der Waals surface area contributed by atoms with E-state index in [-0.39, 0.29) is 42.7 Å². The second-order valence-electron chi connectivity index (χ2n) is 7.96. The van der Waals surface area contributed by atoms with Gasteiger partial charge in [0.1, 0.15) is 12.4 Å². The molecule has 0 N–H and O–H groups in total. The molecule has 1 aliphatic rings. The van der Waals surface area contributed by atoms with E-state index < -0.39 is 12.1 Å². The summed E-state index contributed by atoms with van der Waals surface area (Å²) in [7, 11) is 0. The third-order valence-corrected chi connectivity index (χ3v) is 4.32. The van der Waals surface area contributed by atoms with Crippen molar-refractivity contribution in [2.45, 2.75) is 71.3 Å². The first kappa shape index (κ1) is 21.1. The summed E-state index contributed by atoms with van der Waals surface area (Å²) in [6.45, 7) is 7.73. The highest BCUT2D eigenvalue weighted by Crippen LogP contribution is 2.27. The zero-order valence-corrected chi connectivity index (χ0v) is 16.6. The quantitative estimate of drug-likeness (QED) is 0.729. The molecule has 0 unspecified atom stereocenters. The molecule has 1 fully saturated rings. The van der Waals surface area contributed by atoms with Crippen molar-refractivity contribution in [3.63, 3.8) is 0 Å². The molecule has 6 heteroatoms. The Hall–Kier alpha value is -2.21. The molecule has 0 spiro atoms. The summed E-state index contributed by atoms with van der Waals surface area (Å²) < 4.78 is 11.4. The first-order chi connectivity index (χ1) is 12.7. The van der Waals surface area contributed by atoms with Gasteiger partial charge in [-0.05, 0) is 33.3 Å². The van der Waals surface area contributed by atoms with Crippen LogP contribution in [0.25, 0.3) is 0 Å². The van der Waals surface area contributed by atoms with Crippen molar-refractivity contribution >= 4 is 17.7 Å². The number of amides is 1. The number of likely N-dealkylation sites (tertiary alicyclic amines) is 1. The standard InChI is InChI=1S/C21H29NO5/c1-15(23)10-11-19(24)18-12-17(27-21(2,3)4)13-22(18)20(25)26-14-16-8-6-5-7-9-16/h5-9,17-18H,10-14H2,1-4H3/t17-,18+/m1/s1. The van der Waals surface area contributed by atoms with Gasteiger partial charge >= 0.3 is 6.09 Å². The van der Waals surface area contributed by atoms with Crippen LogP contribution in [0.2, 0.25) is 0 Å². The fourth-order valence-electron chi connectivity index (χ4n) is 3.16. The minimum absolute atomic E-state index is 0.0398. The Kier molecular flexibility index (Phi) is 7.13. The SMILES string of the molecule is CC(=O)CCC(=O)[C@@H]1C[C@@H](OC(C)(C)C)CN1C(=O)OCc1ccccc1. The van der Waals surface area contributed by atoms with E-state index in [2.05, 4.69) is 0 Å². The van der Waals surface area contributed by atoms with E-state index in [4.69, 9.17) is 9.47 Å². The van der Waals surface area contributed by atoms with E-state index in [0.29, 0.717) is 13.0 Å². The number of benzene rings is 1. The van der Waals surface area contributed by atoms with Crippen molar-refractivity contribution in [2.75, 3.05) is 6.54 Å². The lowest BCUT2D eigenvalue weighted by Crippen LogP contribution is -2.41. The number of carbonyl (C=O) groups excluding carboxylic acids is 3. The molecule has 2 atom stereocenters. The summed E-state index contributed by atoms with van der Waals surface area (Å²) in [6, 6.07) is 8.78. The maximum Gasteiger partial charge on any atom is 0.410 e. The first-order valence-electron chi connectivity index (χ1n) is 9.33. The van der Waals surface area contributed by atoms with E-state index in [1.54, 1.807) is 0 Å². The van der Waals surface area contributed by atoms with Gasteiger partial charge in [-0.3, -0.25) is 9.69 Å². The molecule has 2 rings (SSSR count). The van der Waals surface area contributed by atoms with Gasteiger partial charge in [-0.25, -0.2) is 4.79 Å². The fraction of sp³-hybridized carbons (Fsp3) is 0.571. The minimum Gasteiger partial charge on any atom is -0.445 e. The highest BCUT2D eigenvalue weighted by Gasteiger charge is 2.41. The zero-order chi connectivity index (χ0) is 20.0. The molecule has 0 saturated carbocycles. The Labute approximate surface area is 160 Å². The van der Waals surface area contributed by atoms with Gasteiger partial charge in [0.15, 0.2) is 5.78 Å². The molecule has 0 radical (unpaired) electrons. The highest BCUT2D eigenvalue weighted by molar-refractivity contribution is 5.91. The van der Waals surface area contributed by atoms with E-state index in [9.17, 15) is 14.4 Å². The second kappa shape index (κ2) is 9.13. The van der Waals surface area contributed by atoms with Crippen LogP contribution in [0.15, 0.2) is 30.3 Å². The van der Waals surface area contributed by atoms with Crippen molar-refractivity contribution in [3.05, 3.63) is 35.9 Å². The average molecular weight is 375 g/mol. The monoisotopic (exact) mass is 375 g/mol. The van der Waals surface area contributed by atoms with Crippen LogP contribution >= 0.6 is 0 Å². The third-order valence-electron chi connectivity index (χ3n) is 4.32. The summed E-state index contributed by atoms with van der Waals surface area (Å²) in [5, 5.41) is 0. The Morgan fingerprint density at radius 3 is 2.37 bits per heavy atom. The van der Waals surface area contributed by atoms with Crippen LogP contribution in [-0.4, -0.2) is 46.9 Å². The lowest BCUT2D eigenvalue weighted by molar-refractivity contribution is -0.126. The van der Waals surface area contributed by atoms with Crippen molar-refractivity contribution in [1.29, 1.82) is 0 Å². The summed E-state index contributed by atoms with van der Waals surface area (Å²) in [6.07, 6.45) is -0.0211. The number of hydrogen-bond donors (Lipinski definition) is 0. The lowest BCUT2D eigenvalue weighted by atomic mass is 10.0. The molecule has 0 aliphatic carbocycles. The molecule has 148 valence electrons. The average Bonchev–Trinajstić information content (AvgIpc) is 3.00. The number of hydrogen-bond acceptors (Lipinski definition) is 5. The minimum atomic E-state index is -0.611. The van der Waals surface area contributed by atoms with Crippen molar-refractivity contribution < 1.29 is 23.9 Å². The van der Waals surface area contributed by atoms with Gasteiger partial charge in [-0.15, -0.1) is 0 Å². The van der Waals surface area contributed by atoms with E-state index in [1.165, 1.54) is 11.8 Å². The molecule has 1 aliphatic heterocycles. The Morgan fingerprint density at radius 1 is 1.11 bits per heavy atom. The number of carbonyl (C=O) groups is 3. The molecule has 1 heterocycles. The van der Waals surface area contributed by atoms with Gasteiger partial charge in [-0.1, -0.05) is 30.3 Å². The van der Waals surface area contributed by atoms with E-state index >= 15 is 0 Å². The number of nitrogens with zero attached hydrogens (tertiary/aromatic N) is 1. The van der Waals surface area contributed by atoms with Crippen molar-refractivity contribution in [3.8, 4) is 0 Å². The Balaban J connectivity index is 2.04. The molecule has 1 aromatic carbocycles. The number of ketones is 2. The maximum atomic E-state index is 12.6. The predicted molar refractivity (Wildman–Crippen MR) is 101 cm³/mol. The largest absolute Gasteiger partial charge is 0.445 e. The zero-order valence-electron chi connectivity index (χ0n) is 16.6. The van der Waals surface area contributed by atoms with Crippen LogP contribution in [0, 0.1) is 0 Å². The lowest BCUT2D eigenvalue weighted by Gasteiger charge is -2.25. The van der Waals surface area contributed by atoms with Crippen LogP contribution in [-0.2, 0) is 25.7 Å². The highest BCUT2D eigenvalue weighted by atomic mass is 16.6. The normalized spacial score (nSPS) is 19.8. The summed E-state index contributed by atoms with van der Waals surface area (Å²) in [4.78, 5) is 37.9. The third kappa shape index (κ3) is 6.79. The number of ether oxygens (including phenoxy) is 2. The summed E-state index contributed by atoms with van der Waals surface area (Å²) in [5.74, 6) is -0.163.